The Labute approximate surface area is 91.5 Å². The molecule has 0 amide bonds. The molecule has 0 aliphatic carbocycles. The molecule has 0 atom stereocenters. The first kappa shape index (κ1) is 9.06. The monoisotopic (exact) mass is 221 g/mol. The van der Waals surface area contributed by atoms with Gasteiger partial charge in [0, 0.05) is 19.3 Å². The molecule has 15 heavy (non-hydrogen) atoms. The highest BCUT2D eigenvalue weighted by Crippen LogP contribution is 2.28. The van der Waals surface area contributed by atoms with Crippen LogP contribution < -0.4 is 4.90 Å². The van der Waals surface area contributed by atoms with E-state index in [-0.39, 0.29) is 0 Å². The SMILES string of the molecule is c1cc2sc(N3CCOCC3)nc2cn1. The topological polar surface area (TPSA) is 38.2 Å². The van der Waals surface area contributed by atoms with E-state index < -0.39 is 0 Å². The van der Waals surface area contributed by atoms with Crippen molar-refractivity contribution >= 4 is 26.7 Å². The van der Waals surface area contributed by atoms with Crippen molar-refractivity contribution in [2.75, 3.05) is 31.2 Å². The Morgan fingerprint density at radius 3 is 3.00 bits per heavy atom. The summed E-state index contributed by atoms with van der Waals surface area (Å²) in [6.45, 7) is 3.48. The minimum Gasteiger partial charge on any atom is -0.378 e. The lowest BCUT2D eigenvalue weighted by Gasteiger charge is -2.25. The van der Waals surface area contributed by atoms with Crippen molar-refractivity contribution in [1.82, 2.24) is 9.97 Å². The van der Waals surface area contributed by atoms with E-state index in [0.29, 0.717) is 0 Å². The van der Waals surface area contributed by atoms with Gasteiger partial charge in [0.2, 0.25) is 0 Å². The number of pyridine rings is 1. The fraction of sp³-hybridized carbons (Fsp3) is 0.400. The van der Waals surface area contributed by atoms with Gasteiger partial charge in [-0.3, -0.25) is 4.98 Å². The maximum absolute atomic E-state index is 5.32. The van der Waals surface area contributed by atoms with E-state index in [1.165, 1.54) is 4.70 Å². The predicted octanol–water partition coefficient (Wildman–Crippen LogP) is 1.53. The molecule has 5 heteroatoms. The third kappa shape index (κ3) is 1.68. The number of morpholine rings is 1. The van der Waals surface area contributed by atoms with Crippen LogP contribution in [0.5, 0.6) is 0 Å². The molecule has 1 aliphatic heterocycles. The van der Waals surface area contributed by atoms with Crippen molar-refractivity contribution in [3.05, 3.63) is 18.5 Å². The quantitative estimate of drug-likeness (QED) is 0.732. The molecule has 78 valence electrons. The fourth-order valence-corrected chi connectivity index (χ4v) is 2.64. The van der Waals surface area contributed by atoms with Gasteiger partial charge in [-0.2, -0.15) is 0 Å². The van der Waals surface area contributed by atoms with Crippen LogP contribution in [-0.2, 0) is 4.74 Å². The number of anilines is 1. The van der Waals surface area contributed by atoms with Gasteiger partial charge in [0.25, 0.3) is 0 Å². The van der Waals surface area contributed by atoms with Gasteiger partial charge >= 0.3 is 0 Å². The summed E-state index contributed by atoms with van der Waals surface area (Å²) in [5.41, 5.74) is 0.990. The second-order valence-electron chi connectivity index (χ2n) is 3.44. The molecule has 0 N–H and O–H groups in total. The van der Waals surface area contributed by atoms with E-state index in [1.807, 2.05) is 18.5 Å². The first-order valence-corrected chi connectivity index (χ1v) is 5.78. The summed E-state index contributed by atoms with van der Waals surface area (Å²) >= 11 is 1.72. The summed E-state index contributed by atoms with van der Waals surface area (Å²) in [5.74, 6) is 0. The number of ether oxygens (including phenoxy) is 1. The smallest absolute Gasteiger partial charge is 0.186 e. The maximum Gasteiger partial charge on any atom is 0.186 e. The Bertz CT molecular complexity index is 431. The summed E-state index contributed by atoms with van der Waals surface area (Å²) in [7, 11) is 0. The van der Waals surface area contributed by atoms with Gasteiger partial charge in [0.05, 0.1) is 24.1 Å². The summed E-state index contributed by atoms with van der Waals surface area (Å²) in [6.07, 6.45) is 3.62. The molecule has 0 unspecified atom stereocenters. The molecule has 0 spiro atoms. The molecule has 0 saturated carbocycles. The van der Waals surface area contributed by atoms with Crippen molar-refractivity contribution in [3.8, 4) is 0 Å². The number of hydrogen-bond donors (Lipinski definition) is 0. The van der Waals surface area contributed by atoms with Crippen LogP contribution >= 0.6 is 11.3 Å². The van der Waals surface area contributed by atoms with Gasteiger partial charge in [-0.25, -0.2) is 4.98 Å². The van der Waals surface area contributed by atoms with E-state index in [9.17, 15) is 0 Å². The number of nitrogens with zero attached hydrogens (tertiary/aromatic N) is 3. The molecule has 3 heterocycles. The number of thiazole rings is 1. The Morgan fingerprint density at radius 1 is 1.33 bits per heavy atom. The van der Waals surface area contributed by atoms with Crippen molar-refractivity contribution in [1.29, 1.82) is 0 Å². The molecule has 1 saturated heterocycles. The highest BCUT2D eigenvalue weighted by molar-refractivity contribution is 7.22. The Kier molecular flexibility index (Phi) is 2.26. The molecular weight excluding hydrogens is 210 g/mol. The lowest BCUT2D eigenvalue weighted by molar-refractivity contribution is 0.122. The Morgan fingerprint density at radius 2 is 2.20 bits per heavy atom. The molecule has 1 fully saturated rings. The van der Waals surface area contributed by atoms with Gasteiger partial charge < -0.3 is 9.64 Å². The van der Waals surface area contributed by atoms with Crippen LogP contribution in [0.15, 0.2) is 18.5 Å². The number of hydrogen-bond acceptors (Lipinski definition) is 5. The standard InChI is InChI=1S/C10H11N3OS/c1-2-11-7-8-9(1)15-10(12-8)13-3-5-14-6-4-13/h1-2,7H,3-6H2. The lowest BCUT2D eigenvalue weighted by atomic mass is 10.4. The normalized spacial score (nSPS) is 17.2. The molecule has 4 nitrogen and oxygen atoms in total. The molecule has 1 aliphatic rings. The predicted molar refractivity (Wildman–Crippen MR) is 60.4 cm³/mol. The molecule has 2 aromatic rings. The largest absolute Gasteiger partial charge is 0.378 e. The van der Waals surface area contributed by atoms with E-state index in [1.54, 1.807) is 11.3 Å². The van der Waals surface area contributed by atoms with Gasteiger partial charge in [-0.15, -0.1) is 0 Å². The molecule has 3 rings (SSSR count). The van der Waals surface area contributed by atoms with Gasteiger partial charge in [0.15, 0.2) is 5.13 Å². The molecular formula is C10H11N3OS. The average Bonchev–Trinajstić information content (AvgIpc) is 2.74. The molecule has 0 bridgehead atoms. The summed E-state index contributed by atoms with van der Waals surface area (Å²) in [5, 5.41) is 1.08. The van der Waals surface area contributed by atoms with E-state index in [0.717, 1.165) is 37.0 Å². The van der Waals surface area contributed by atoms with Crippen LogP contribution in [0.3, 0.4) is 0 Å². The van der Waals surface area contributed by atoms with Crippen molar-refractivity contribution in [3.63, 3.8) is 0 Å². The number of fused-ring (bicyclic) bond motifs is 1. The second-order valence-corrected chi connectivity index (χ2v) is 4.45. The van der Waals surface area contributed by atoms with Crippen molar-refractivity contribution in [2.45, 2.75) is 0 Å². The summed E-state index contributed by atoms with van der Waals surface area (Å²) in [4.78, 5) is 10.9. The van der Waals surface area contributed by atoms with Crippen LogP contribution in [0.1, 0.15) is 0 Å². The minimum atomic E-state index is 0.800. The minimum absolute atomic E-state index is 0.800. The van der Waals surface area contributed by atoms with Crippen LogP contribution in [0.2, 0.25) is 0 Å². The summed E-state index contributed by atoms with van der Waals surface area (Å²) < 4.78 is 6.52. The van der Waals surface area contributed by atoms with Crippen LogP contribution in [0.4, 0.5) is 5.13 Å². The number of aromatic nitrogens is 2. The fourth-order valence-electron chi connectivity index (χ4n) is 1.66. The number of rotatable bonds is 1. The zero-order valence-electron chi connectivity index (χ0n) is 8.22. The Balaban J connectivity index is 1.96. The van der Waals surface area contributed by atoms with Crippen LogP contribution in [0, 0.1) is 0 Å². The van der Waals surface area contributed by atoms with Gasteiger partial charge in [0.1, 0.15) is 5.52 Å². The second kappa shape index (κ2) is 3.75. The zero-order valence-corrected chi connectivity index (χ0v) is 9.04. The maximum atomic E-state index is 5.32. The van der Waals surface area contributed by atoms with Gasteiger partial charge in [-0.05, 0) is 6.07 Å². The third-order valence-electron chi connectivity index (χ3n) is 2.46. The van der Waals surface area contributed by atoms with Crippen molar-refractivity contribution < 1.29 is 4.74 Å². The molecule has 0 aromatic carbocycles. The van der Waals surface area contributed by atoms with E-state index in [4.69, 9.17) is 4.74 Å². The van der Waals surface area contributed by atoms with Gasteiger partial charge in [-0.1, -0.05) is 11.3 Å². The third-order valence-corrected chi connectivity index (χ3v) is 3.56. The first-order valence-electron chi connectivity index (χ1n) is 4.97. The van der Waals surface area contributed by atoms with E-state index in [2.05, 4.69) is 14.9 Å². The van der Waals surface area contributed by atoms with E-state index >= 15 is 0 Å². The summed E-state index contributed by atoms with van der Waals surface area (Å²) in [6, 6.07) is 2.01. The lowest BCUT2D eigenvalue weighted by Crippen LogP contribution is -2.36. The van der Waals surface area contributed by atoms with Crippen LogP contribution in [0.25, 0.3) is 10.2 Å². The van der Waals surface area contributed by atoms with Crippen molar-refractivity contribution in [2.24, 2.45) is 0 Å². The molecule has 2 aromatic heterocycles. The average molecular weight is 221 g/mol. The zero-order chi connectivity index (χ0) is 10.1. The van der Waals surface area contributed by atoms with Crippen LogP contribution in [-0.4, -0.2) is 36.3 Å². The highest BCUT2D eigenvalue weighted by atomic mass is 32.1. The first-order chi connectivity index (χ1) is 7.43. The highest BCUT2D eigenvalue weighted by Gasteiger charge is 2.14. The molecule has 0 radical (unpaired) electrons. The Hall–Kier alpha value is -1.20.